The number of esters is 1. The Morgan fingerprint density at radius 3 is 2.63 bits per heavy atom. The fourth-order valence-electron chi connectivity index (χ4n) is 5.37. The van der Waals surface area contributed by atoms with Crippen molar-refractivity contribution >= 4 is 18.0 Å². The van der Waals surface area contributed by atoms with E-state index in [0.29, 0.717) is 37.6 Å². The van der Waals surface area contributed by atoms with Gasteiger partial charge in [0, 0.05) is 12.6 Å². The molecule has 3 rings (SSSR count). The summed E-state index contributed by atoms with van der Waals surface area (Å²) in [6, 6.07) is -1.01. The smallest absolute Gasteiger partial charge is 0.410 e. The molecule has 1 aliphatic carbocycles. The van der Waals surface area contributed by atoms with Crippen molar-refractivity contribution in [2.75, 3.05) is 13.7 Å². The van der Waals surface area contributed by atoms with E-state index in [1.807, 2.05) is 11.5 Å². The van der Waals surface area contributed by atoms with Gasteiger partial charge in [0.25, 0.3) is 0 Å². The number of aliphatic carboxylic acids is 1. The van der Waals surface area contributed by atoms with E-state index in [-0.39, 0.29) is 23.8 Å². The highest BCUT2D eigenvalue weighted by Gasteiger charge is 2.49. The van der Waals surface area contributed by atoms with Crippen molar-refractivity contribution < 1.29 is 29.0 Å². The molecular formula is C21H31N3O6. The van der Waals surface area contributed by atoms with Crippen molar-refractivity contribution in [1.82, 2.24) is 14.5 Å². The second-order valence-electron chi connectivity index (χ2n) is 8.20. The number of imidazole rings is 1. The lowest BCUT2D eigenvalue weighted by Crippen LogP contribution is -2.60. The summed E-state index contributed by atoms with van der Waals surface area (Å²) in [6.07, 6.45) is 6.45. The molecule has 0 spiro atoms. The number of aromatic nitrogens is 2. The summed E-state index contributed by atoms with van der Waals surface area (Å²) in [6.45, 7) is 4.71. The van der Waals surface area contributed by atoms with Crippen LogP contribution in [0, 0.1) is 17.8 Å². The number of nitrogens with zero attached hydrogens (tertiary/aromatic N) is 3. The number of likely N-dealkylation sites (tertiary alicyclic amines) is 1. The molecule has 1 unspecified atom stereocenters. The Morgan fingerprint density at radius 1 is 1.23 bits per heavy atom. The summed E-state index contributed by atoms with van der Waals surface area (Å²) in [5.41, 5.74) is 0.439. The predicted molar refractivity (Wildman–Crippen MR) is 107 cm³/mol. The van der Waals surface area contributed by atoms with E-state index in [0.717, 1.165) is 19.3 Å². The van der Waals surface area contributed by atoms with Gasteiger partial charge in [-0.2, -0.15) is 0 Å². The highest BCUT2D eigenvalue weighted by Crippen LogP contribution is 2.45. The second kappa shape index (κ2) is 9.49. The van der Waals surface area contributed by atoms with Gasteiger partial charge < -0.3 is 19.1 Å². The zero-order chi connectivity index (χ0) is 21.8. The molecular weight excluding hydrogens is 390 g/mol. The van der Waals surface area contributed by atoms with E-state index in [9.17, 15) is 19.5 Å². The first-order valence-electron chi connectivity index (χ1n) is 10.7. The number of hydrogen-bond acceptors (Lipinski definition) is 6. The minimum absolute atomic E-state index is 0.137. The zero-order valence-corrected chi connectivity index (χ0v) is 17.8. The first-order valence-corrected chi connectivity index (χ1v) is 10.7. The molecule has 0 aromatic carbocycles. The minimum Gasteiger partial charge on any atom is -0.480 e. The first kappa shape index (κ1) is 22.1. The van der Waals surface area contributed by atoms with Crippen molar-refractivity contribution in [3.63, 3.8) is 0 Å². The molecule has 2 aliphatic rings. The predicted octanol–water partition coefficient (Wildman–Crippen LogP) is 2.80. The number of fused-ring (bicyclic) bond motifs is 1. The summed E-state index contributed by atoms with van der Waals surface area (Å²) in [7, 11) is 1.29. The molecule has 1 aromatic rings. The Morgan fingerprint density at radius 2 is 2.00 bits per heavy atom. The SMILES string of the molecule is CCOC(=O)c1cncn1C[C@H]1CC[C@H]2C(CC)N(C(=O)OC)[C@H](C(=O)O)C[C@H]2C1. The number of carboxylic acid groups (broad SMARTS) is 1. The van der Waals surface area contributed by atoms with E-state index in [2.05, 4.69) is 4.98 Å². The number of amides is 1. The average molecular weight is 421 g/mol. The maximum atomic E-state index is 12.3. The van der Waals surface area contributed by atoms with Crippen LogP contribution in [0.5, 0.6) is 0 Å². The van der Waals surface area contributed by atoms with Gasteiger partial charge in [-0.05, 0) is 56.8 Å². The van der Waals surface area contributed by atoms with Crippen molar-refractivity contribution in [3.8, 4) is 0 Å². The number of carboxylic acids is 1. The van der Waals surface area contributed by atoms with Gasteiger partial charge in [0.15, 0.2) is 0 Å². The van der Waals surface area contributed by atoms with Crippen molar-refractivity contribution in [2.24, 2.45) is 17.8 Å². The van der Waals surface area contributed by atoms with Crippen LogP contribution >= 0.6 is 0 Å². The molecule has 1 N–H and O–H groups in total. The summed E-state index contributed by atoms with van der Waals surface area (Å²) in [4.78, 5) is 41.9. The van der Waals surface area contributed by atoms with Gasteiger partial charge >= 0.3 is 18.0 Å². The molecule has 2 fully saturated rings. The van der Waals surface area contributed by atoms with Crippen LogP contribution in [0.15, 0.2) is 12.5 Å². The van der Waals surface area contributed by atoms with Gasteiger partial charge in [-0.3, -0.25) is 4.90 Å². The third-order valence-electron chi connectivity index (χ3n) is 6.60. The van der Waals surface area contributed by atoms with Gasteiger partial charge in [-0.15, -0.1) is 0 Å². The van der Waals surface area contributed by atoms with Crippen LogP contribution in [-0.4, -0.2) is 63.4 Å². The summed E-state index contributed by atoms with van der Waals surface area (Å²) in [5, 5.41) is 9.76. The standard InChI is InChI=1S/C21H31N3O6/c1-4-16-15-7-6-13(11-23-12-22-10-18(23)20(27)30-5-2)8-14(15)9-17(19(25)26)24(16)21(28)29-3/h10,12-17H,4-9,11H2,1-3H3,(H,25,26)/t13-,14+,15+,16?,17-/m0/s1. The number of methoxy groups -OCH3 is 1. The van der Waals surface area contributed by atoms with Gasteiger partial charge in [-0.25, -0.2) is 19.4 Å². The number of ether oxygens (including phenoxy) is 2. The van der Waals surface area contributed by atoms with Gasteiger partial charge in [-0.1, -0.05) is 6.92 Å². The maximum absolute atomic E-state index is 12.3. The molecule has 1 amide bonds. The molecule has 1 aromatic heterocycles. The Hall–Kier alpha value is -2.58. The normalized spacial score (nSPS) is 28.5. The summed E-state index contributed by atoms with van der Waals surface area (Å²) >= 11 is 0. The molecule has 0 radical (unpaired) electrons. The monoisotopic (exact) mass is 421 g/mol. The van der Waals surface area contributed by atoms with E-state index in [4.69, 9.17) is 9.47 Å². The van der Waals surface area contributed by atoms with E-state index in [1.54, 1.807) is 13.3 Å². The molecule has 9 nitrogen and oxygen atoms in total. The van der Waals surface area contributed by atoms with Crippen molar-refractivity contribution in [3.05, 3.63) is 18.2 Å². The molecule has 30 heavy (non-hydrogen) atoms. The lowest BCUT2D eigenvalue weighted by Gasteiger charge is -2.51. The topological polar surface area (TPSA) is 111 Å². The lowest BCUT2D eigenvalue weighted by molar-refractivity contribution is -0.149. The second-order valence-corrected chi connectivity index (χ2v) is 8.20. The van der Waals surface area contributed by atoms with Gasteiger partial charge in [0.1, 0.15) is 11.7 Å². The number of rotatable bonds is 6. The fraction of sp³-hybridized carbons (Fsp3) is 0.714. The van der Waals surface area contributed by atoms with Crippen LogP contribution in [0.1, 0.15) is 56.4 Å². The lowest BCUT2D eigenvalue weighted by atomic mass is 9.65. The van der Waals surface area contributed by atoms with Crippen LogP contribution in [0.4, 0.5) is 4.79 Å². The molecule has 5 atom stereocenters. The first-order chi connectivity index (χ1) is 14.4. The number of carbonyl (C=O) groups is 3. The Kier molecular flexibility index (Phi) is 6.99. The summed E-state index contributed by atoms with van der Waals surface area (Å²) < 4.78 is 11.8. The van der Waals surface area contributed by atoms with E-state index < -0.39 is 18.1 Å². The molecule has 0 bridgehead atoms. The molecule has 9 heteroatoms. The summed E-state index contributed by atoms with van der Waals surface area (Å²) in [5.74, 6) is -0.588. The largest absolute Gasteiger partial charge is 0.480 e. The zero-order valence-electron chi connectivity index (χ0n) is 17.8. The molecule has 1 saturated carbocycles. The average Bonchev–Trinajstić information content (AvgIpc) is 3.19. The molecule has 1 saturated heterocycles. The fourth-order valence-corrected chi connectivity index (χ4v) is 5.37. The Labute approximate surface area is 176 Å². The van der Waals surface area contributed by atoms with E-state index in [1.165, 1.54) is 18.2 Å². The van der Waals surface area contributed by atoms with Gasteiger partial charge in [0.05, 0.1) is 26.2 Å². The number of hydrogen-bond donors (Lipinski definition) is 1. The van der Waals surface area contributed by atoms with Crippen molar-refractivity contribution in [2.45, 2.75) is 64.6 Å². The minimum atomic E-state index is -0.987. The van der Waals surface area contributed by atoms with Crippen LogP contribution in [0.3, 0.4) is 0 Å². The molecule has 1 aliphatic heterocycles. The Balaban J connectivity index is 1.75. The van der Waals surface area contributed by atoms with E-state index >= 15 is 0 Å². The van der Waals surface area contributed by atoms with Crippen LogP contribution in [0.25, 0.3) is 0 Å². The van der Waals surface area contributed by atoms with Crippen molar-refractivity contribution in [1.29, 1.82) is 0 Å². The number of carbonyl (C=O) groups excluding carboxylic acids is 2. The molecule has 2 heterocycles. The van der Waals surface area contributed by atoms with Gasteiger partial charge in [0.2, 0.25) is 0 Å². The van der Waals surface area contributed by atoms with Crippen LogP contribution < -0.4 is 0 Å². The van der Waals surface area contributed by atoms with Crippen LogP contribution in [0.2, 0.25) is 0 Å². The molecule has 166 valence electrons. The highest BCUT2D eigenvalue weighted by atomic mass is 16.5. The third-order valence-corrected chi connectivity index (χ3v) is 6.60. The third kappa shape index (κ3) is 4.29. The highest BCUT2D eigenvalue weighted by molar-refractivity contribution is 5.87. The Bertz CT molecular complexity index is 779. The maximum Gasteiger partial charge on any atom is 0.410 e. The number of piperidine rings is 1. The van der Waals surface area contributed by atoms with Crippen LogP contribution in [-0.2, 0) is 20.8 Å². The quantitative estimate of drug-likeness (QED) is 0.703.